The Morgan fingerprint density at radius 2 is 1.87 bits per heavy atom. The molecule has 0 aromatic heterocycles. The minimum absolute atomic E-state index is 0.697. The summed E-state index contributed by atoms with van der Waals surface area (Å²) >= 11 is 0. The maximum Gasteiger partial charge on any atom is 0.0171 e. The van der Waals surface area contributed by atoms with Crippen molar-refractivity contribution in [3.05, 3.63) is 23.3 Å². The fraction of sp³-hybridized carbons (Fsp3) is 0.714. The molecule has 0 spiro atoms. The molecule has 0 unspecified atom stereocenters. The van der Waals surface area contributed by atoms with Gasteiger partial charge in [-0.3, -0.25) is 4.90 Å². The SMILES string of the molecule is CC(C)N1CC=C(C2=CCCCC2)CC1. The number of hydrogen-bond donors (Lipinski definition) is 0. The number of allylic oxidation sites excluding steroid dienone is 2. The summed E-state index contributed by atoms with van der Waals surface area (Å²) in [7, 11) is 0. The van der Waals surface area contributed by atoms with Crippen molar-refractivity contribution in [1.29, 1.82) is 0 Å². The monoisotopic (exact) mass is 205 g/mol. The van der Waals surface area contributed by atoms with Crippen LogP contribution in [0.4, 0.5) is 0 Å². The van der Waals surface area contributed by atoms with Gasteiger partial charge in [-0.1, -0.05) is 12.2 Å². The van der Waals surface area contributed by atoms with Crippen LogP contribution in [0.1, 0.15) is 46.0 Å². The molecule has 0 atom stereocenters. The molecule has 1 aliphatic heterocycles. The van der Waals surface area contributed by atoms with Gasteiger partial charge in [-0.05, 0) is 57.1 Å². The highest BCUT2D eigenvalue weighted by atomic mass is 15.1. The molecule has 0 aromatic carbocycles. The first-order chi connectivity index (χ1) is 7.27. The summed E-state index contributed by atoms with van der Waals surface area (Å²) in [5, 5.41) is 0. The minimum Gasteiger partial charge on any atom is -0.297 e. The van der Waals surface area contributed by atoms with E-state index in [0.29, 0.717) is 6.04 Å². The highest BCUT2D eigenvalue weighted by Gasteiger charge is 2.16. The maximum absolute atomic E-state index is 2.55. The van der Waals surface area contributed by atoms with Gasteiger partial charge in [0.1, 0.15) is 0 Å². The van der Waals surface area contributed by atoms with E-state index in [2.05, 4.69) is 30.9 Å². The second-order valence-corrected chi connectivity index (χ2v) is 5.04. The molecular weight excluding hydrogens is 182 g/mol. The van der Waals surface area contributed by atoms with Crippen LogP contribution < -0.4 is 0 Å². The number of nitrogens with zero attached hydrogens (tertiary/aromatic N) is 1. The van der Waals surface area contributed by atoms with Crippen LogP contribution in [0.3, 0.4) is 0 Å². The van der Waals surface area contributed by atoms with Crippen molar-refractivity contribution < 1.29 is 0 Å². The van der Waals surface area contributed by atoms with Crippen LogP contribution in [0.25, 0.3) is 0 Å². The van der Waals surface area contributed by atoms with Gasteiger partial charge in [0.05, 0.1) is 0 Å². The molecule has 84 valence electrons. The molecule has 0 saturated heterocycles. The molecule has 0 radical (unpaired) electrons. The second-order valence-electron chi connectivity index (χ2n) is 5.04. The lowest BCUT2D eigenvalue weighted by molar-refractivity contribution is 0.239. The molecule has 2 rings (SSSR count). The van der Waals surface area contributed by atoms with Crippen molar-refractivity contribution >= 4 is 0 Å². The predicted molar refractivity (Wildman–Crippen MR) is 66.0 cm³/mol. The summed E-state index contributed by atoms with van der Waals surface area (Å²) < 4.78 is 0. The lowest BCUT2D eigenvalue weighted by Crippen LogP contribution is -2.34. The fourth-order valence-electron chi connectivity index (χ4n) is 2.58. The largest absolute Gasteiger partial charge is 0.297 e. The van der Waals surface area contributed by atoms with Gasteiger partial charge in [-0.25, -0.2) is 0 Å². The van der Waals surface area contributed by atoms with Crippen molar-refractivity contribution in [1.82, 2.24) is 4.90 Å². The molecule has 0 amide bonds. The first kappa shape index (κ1) is 10.9. The summed E-state index contributed by atoms with van der Waals surface area (Å²) in [6, 6.07) is 0.697. The summed E-state index contributed by atoms with van der Waals surface area (Å²) in [6.07, 6.45) is 11.6. The van der Waals surface area contributed by atoms with Gasteiger partial charge in [0.2, 0.25) is 0 Å². The van der Waals surface area contributed by atoms with Crippen LogP contribution in [0.5, 0.6) is 0 Å². The third-order valence-electron chi connectivity index (χ3n) is 3.67. The fourth-order valence-corrected chi connectivity index (χ4v) is 2.58. The third kappa shape index (κ3) is 2.72. The van der Waals surface area contributed by atoms with Gasteiger partial charge in [0.25, 0.3) is 0 Å². The Labute approximate surface area is 93.9 Å². The van der Waals surface area contributed by atoms with Crippen molar-refractivity contribution in [3.63, 3.8) is 0 Å². The Bertz CT molecular complexity index is 273. The first-order valence-corrected chi connectivity index (χ1v) is 6.40. The zero-order chi connectivity index (χ0) is 10.7. The van der Waals surface area contributed by atoms with Crippen LogP contribution in [-0.2, 0) is 0 Å². The van der Waals surface area contributed by atoms with E-state index in [-0.39, 0.29) is 0 Å². The van der Waals surface area contributed by atoms with Crippen LogP contribution in [0.15, 0.2) is 23.3 Å². The Morgan fingerprint density at radius 1 is 1.07 bits per heavy atom. The van der Waals surface area contributed by atoms with Crippen molar-refractivity contribution in [2.75, 3.05) is 13.1 Å². The number of rotatable bonds is 2. The van der Waals surface area contributed by atoms with E-state index >= 15 is 0 Å². The smallest absolute Gasteiger partial charge is 0.0171 e. The van der Waals surface area contributed by atoms with Gasteiger partial charge in [-0.2, -0.15) is 0 Å². The summed E-state index contributed by atoms with van der Waals surface area (Å²) in [4.78, 5) is 2.55. The van der Waals surface area contributed by atoms with E-state index < -0.39 is 0 Å². The lowest BCUT2D eigenvalue weighted by atomic mass is 9.90. The van der Waals surface area contributed by atoms with E-state index in [1.165, 1.54) is 38.6 Å². The Morgan fingerprint density at radius 3 is 2.40 bits per heavy atom. The van der Waals surface area contributed by atoms with Crippen LogP contribution >= 0.6 is 0 Å². The standard InChI is InChI=1S/C14H23N/c1-12(2)15-10-8-14(9-11-15)13-6-4-3-5-7-13/h6,8,12H,3-5,7,9-11H2,1-2H3. The Kier molecular flexibility index (Phi) is 3.63. The van der Waals surface area contributed by atoms with Crippen molar-refractivity contribution in [2.24, 2.45) is 0 Å². The van der Waals surface area contributed by atoms with Gasteiger partial charge in [-0.15, -0.1) is 0 Å². The van der Waals surface area contributed by atoms with Gasteiger partial charge in [0, 0.05) is 19.1 Å². The average molecular weight is 205 g/mol. The molecule has 0 fully saturated rings. The molecule has 0 N–H and O–H groups in total. The normalized spacial score (nSPS) is 23.9. The zero-order valence-electron chi connectivity index (χ0n) is 10.1. The van der Waals surface area contributed by atoms with Gasteiger partial charge >= 0.3 is 0 Å². The average Bonchev–Trinajstić information content (AvgIpc) is 2.30. The van der Waals surface area contributed by atoms with Gasteiger partial charge < -0.3 is 0 Å². The summed E-state index contributed by atoms with van der Waals surface area (Å²) in [6.45, 7) is 6.99. The molecule has 1 heteroatoms. The highest BCUT2D eigenvalue weighted by Crippen LogP contribution is 2.28. The zero-order valence-corrected chi connectivity index (χ0v) is 10.1. The second kappa shape index (κ2) is 4.98. The van der Waals surface area contributed by atoms with E-state index in [0.717, 1.165) is 6.54 Å². The lowest BCUT2D eigenvalue weighted by Gasteiger charge is -2.31. The molecule has 1 heterocycles. The van der Waals surface area contributed by atoms with E-state index in [1.807, 2.05) is 0 Å². The number of hydrogen-bond acceptors (Lipinski definition) is 1. The van der Waals surface area contributed by atoms with Crippen molar-refractivity contribution in [2.45, 2.75) is 52.0 Å². The summed E-state index contributed by atoms with van der Waals surface area (Å²) in [5.74, 6) is 0. The van der Waals surface area contributed by atoms with E-state index in [9.17, 15) is 0 Å². The van der Waals surface area contributed by atoms with Crippen LogP contribution in [0, 0.1) is 0 Å². The molecule has 2 aliphatic rings. The highest BCUT2D eigenvalue weighted by molar-refractivity contribution is 5.33. The molecule has 0 aromatic rings. The molecule has 0 bridgehead atoms. The van der Waals surface area contributed by atoms with Crippen molar-refractivity contribution in [3.8, 4) is 0 Å². The molecule has 1 nitrogen and oxygen atoms in total. The molecule has 0 saturated carbocycles. The summed E-state index contributed by atoms with van der Waals surface area (Å²) in [5.41, 5.74) is 3.30. The van der Waals surface area contributed by atoms with Gasteiger partial charge in [0.15, 0.2) is 0 Å². The molecule has 15 heavy (non-hydrogen) atoms. The predicted octanol–water partition coefficient (Wildman–Crippen LogP) is 3.53. The minimum atomic E-state index is 0.697. The Balaban J connectivity index is 1.98. The molecular formula is C14H23N. The van der Waals surface area contributed by atoms with E-state index in [1.54, 1.807) is 11.1 Å². The van der Waals surface area contributed by atoms with Crippen LogP contribution in [0.2, 0.25) is 0 Å². The Hall–Kier alpha value is -0.560. The quantitative estimate of drug-likeness (QED) is 0.666. The maximum atomic E-state index is 2.55. The molecule has 1 aliphatic carbocycles. The third-order valence-corrected chi connectivity index (χ3v) is 3.67. The van der Waals surface area contributed by atoms with Crippen LogP contribution in [-0.4, -0.2) is 24.0 Å². The topological polar surface area (TPSA) is 3.24 Å². The van der Waals surface area contributed by atoms with E-state index in [4.69, 9.17) is 0 Å². The first-order valence-electron chi connectivity index (χ1n) is 6.40.